The van der Waals surface area contributed by atoms with Crippen LogP contribution in [0.5, 0.6) is 17.2 Å². The lowest BCUT2D eigenvalue weighted by Gasteiger charge is -2.26. The second-order valence-electron chi connectivity index (χ2n) is 9.78. The molecule has 0 unspecified atom stereocenters. The van der Waals surface area contributed by atoms with Crippen LogP contribution in [0.4, 0.5) is 0 Å². The van der Waals surface area contributed by atoms with Crippen molar-refractivity contribution in [1.82, 2.24) is 4.57 Å². The number of ether oxygens (including phenoxy) is 4. The summed E-state index contributed by atoms with van der Waals surface area (Å²) in [7, 11) is 3.06. The van der Waals surface area contributed by atoms with E-state index in [0.29, 0.717) is 52.4 Å². The van der Waals surface area contributed by atoms with Crippen molar-refractivity contribution >= 4 is 55.2 Å². The molecule has 0 N–H and O–H groups in total. The zero-order valence-corrected chi connectivity index (χ0v) is 28.7. The molecular formula is C33H27Br2N3O6S. The first-order valence-corrected chi connectivity index (χ1v) is 16.1. The summed E-state index contributed by atoms with van der Waals surface area (Å²) >= 11 is 8.41. The van der Waals surface area contributed by atoms with E-state index in [2.05, 4.69) is 42.9 Å². The average molecular weight is 753 g/mol. The minimum atomic E-state index is -0.838. The lowest BCUT2D eigenvalue weighted by molar-refractivity contribution is -0.139. The van der Waals surface area contributed by atoms with Gasteiger partial charge in [0.1, 0.15) is 12.4 Å². The van der Waals surface area contributed by atoms with Crippen molar-refractivity contribution in [3.63, 3.8) is 0 Å². The first-order valence-electron chi connectivity index (χ1n) is 13.7. The molecule has 0 bridgehead atoms. The van der Waals surface area contributed by atoms with Crippen LogP contribution >= 0.6 is 43.2 Å². The van der Waals surface area contributed by atoms with E-state index in [0.717, 1.165) is 11.1 Å². The van der Waals surface area contributed by atoms with Crippen LogP contribution in [-0.2, 0) is 16.1 Å². The van der Waals surface area contributed by atoms with Crippen LogP contribution in [0.15, 0.2) is 84.6 Å². The fourth-order valence-electron chi connectivity index (χ4n) is 4.95. The minimum absolute atomic E-state index is 0.166. The molecule has 1 aliphatic heterocycles. The Morgan fingerprint density at radius 1 is 1.07 bits per heavy atom. The number of thiazole rings is 1. The highest BCUT2D eigenvalue weighted by atomic mass is 79.9. The third-order valence-electron chi connectivity index (χ3n) is 7.09. The van der Waals surface area contributed by atoms with Crippen molar-refractivity contribution in [2.45, 2.75) is 26.5 Å². The molecule has 12 heteroatoms. The lowest BCUT2D eigenvalue weighted by atomic mass is 9.95. The molecule has 0 saturated heterocycles. The second-order valence-corrected chi connectivity index (χ2v) is 12.5. The first-order chi connectivity index (χ1) is 21.7. The van der Waals surface area contributed by atoms with E-state index in [9.17, 15) is 14.9 Å². The standard InChI is InChI=1S/C33H27Br2N3O6S/c1-5-43-32(40)29-18(2)37-33-38(30(29)22-14-26(41-3)27(42-4)15-23(22)34)31(39)28(45-33)13-19-10-11-25(24(35)12-19)44-17-21-9-7-6-8-20(21)16-36/h6-15,30H,5,17H2,1-4H3/b28-13-/t30-/m1/s1. The van der Waals surface area contributed by atoms with Crippen LogP contribution in [-0.4, -0.2) is 31.4 Å². The largest absolute Gasteiger partial charge is 0.493 e. The smallest absolute Gasteiger partial charge is 0.338 e. The summed E-state index contributed by atoms with van der Waals surface area (Å²) < 4.78 is 25.6. The number of benzene rings is 3. The summed E-state index contributed by atoms with van der Waals surface area (Å²) in [6, 6.07) is 17.6. The van der Waals surface area contributed by atoms with Gasteiger partial charge in [0.05, 0.1) is 58.8 Å². The molecule has 0 aliphatic carbocycles. The number of rotatable bonds is 9. The molecule has 0 saturated carbocycles. The van der Waals surface area contributed by atoms with Crippen LogP contribution < -0.4 is 29.1 Å². The maximum Gasteiger partial charge on any atom is 0.338 e. The number of methoxy groups -OCH3 is 2. The molecule has 45 heavy (non-hydrogen) atoms. The van der Waals surface area contributed by atoms with E-state index >= 15 is 0 Å². The summed E-state index contributed by atoms with van der Waals surface area (Å²) in [5, 5.41) is 9.36. The van der Waals surface area contributed by atoms with E-state index < -0.39 is 12.0 Å². The normalized spacial score (nSPS) is 14.3. The van der Waals surface area contributed by atoms with Crippen molar-refractivity contribution in [2.75, 3.05) is 20.8 Å². The molecule has 230 valence electrons. The summed E-state index contributed by atoms with van der Waals surface area (Å²) in [5.74, 6) is 0.969. The van der Waals surface area contributed by atoms with Crippen molar-refractivity contribution < 1.29 is 23.7 Å². The van der Waals surface area contributed by atoms with Gasteiger partial charge in [-0.2, -0.15) is 5.26 Å². The first kappa shape index (κ1) is 32.2. The van der Waals surface area contributed by atoms with Gasteiger partial charge in [-0.15, -0.1) is 0 Å². The SMILES string of the molecule is CCOC(=O)C1=C(C)N=c2s/c(=C\c3ccc(OCc4ccccc4C#N)c(Br)c3)c(=O)n2[C@@H]1c1cc(OC)c(OC)cc1Br. The van der Waals surface area contributed by atoms with Gasteiger partial charge in [-0.05, 0) is 77.3 Å². The third-order valence-corrected chi connectivity index (χ3v) is 9.38. The van der Waals surface area contributed by atoms with Crippen molar-refractivity contribution in [3.8, 4) is 23.3 Å². The number of fused-ring (bicyclic) bond motifs is 1. The van der Waals surface area contributed by atoms with Gasteiger partial charge in [0, 0.05) is 10.0 Å². The zero-order chi connectivity index (χ0) is 32.2. The zero-order valence-electron chi connectivity index (χ0n) is 24.7. The highest BCUT2D eigenvalue weighted by Crippen LogP contribution is 2.40. The number of hydrogen-bond donors (Lipinski definition) is 0. The molecule has 0 amide bonds. The average Bonchev–Trinajstić information content (AvgIpc) is 3.33. The maximum atomic E-state index is 14.1. The van der Waals surface area contributed by atoms with Gasteiger partial charge in [0.15, 0.2) is 16.3 Å². The minimum Gasteiger partial charge on any atom is -0.493 e. The molecule has 9 nitrogen and oxygen atoms in total. The van der Waals surface area contributed by atoms with Crippen LogP contribution in [0.2, 0.25) is 0 Å². The fraction of sp³-hybridized carbons (Fsp3) is 0.212. The molecule has 0 spiro atoms. The predicted molar refractivity (Wildman–Crippen MR) is 177 cm³/mol. The molecule has 1 aliphatic rings. The number of allylic oxidation sites excluding steroid dienone is 1. The number of nitrogens with zero attached hydrogens (tertiary/aromatic N) is 3. The summed E-state index contributed by atoms with van der Waals surface area (Å²) in [4.78, 5) is 32.4. The van der Waals surface area contributed by atoms with Crippen LogP contribution in [0.1, 0.15) is 42.1 Å². The number of carbonyl (C=O) groups excluding carboxylic acids is 1. The number of esters is 1. The second kappa shape index (κ2) is 13.9. The molecule has 3 aromatic carbocycles. The van der Waals surface area contributed by atoms with Crippen LogP contribution in [0.25, 0.3) is 6.08 Å². The third kappa shape index (κ3) is 6.47. The number of carbonyl (C=O) groups is 1. The molecule has 5 rings (SSSR count). The summed E-state index contributed by atoms with van der Waals surface area (Å²) in [6.07, 6.45) is 1.77. The Labute approximate surface area is 279 Å². The van der Waals surface area contributed by atoms with Crippen LogP contribution in [0.3, 0.4) is 0 Å². The predicted octanol–water partition coefficient (Wildman–Crippen LogP) is 5.79. The number of nitriles is 1. The van der Waals surface area contributed by atoms with E-state index in [1.54, 1.807) is 44.2 Å². The van der Waals surface area contributed by atoms with E-state index in [4.69, 9.17) is 18.9 Å². The Morgan fingerprint density at radius 2 is 1.80 bits per heavy atom. The molecule has 0 radical (unpaired) electrons. The van der Waals surface area contributed by atoms with Crippen LogP contribution in [0, 0.1) is 11.3 Å². The molecule has 1 atom stereocenters. The van der Waals surface area contributed by atoms with Gasteiger partial charge in [0.2, 0.25) is 0 Å². The van der Waals surface area contributed by atoms with Gasteiger partial charge < -0.3 is 18.9 Å². The van der Waals surface area contributed by atoms with E-state index in [1.807, 2.05) is 30.3 Å². The van der Waals surface area contributed by atoms with Gasteiger partial charge in [-0.25, -0.2) is 9.79 Å². The number of aromatic nitrogens is 1. The number of hydrogen-bond acceptors (Lipinski definition) is 9. The molecule has 2 heterocycles. The topological polar surface area (TPSA) is 112 Å². The van der Waals surface area contributed by atoms with Gasteiger partial charge in [-0.3, -0.25) is 9.36 Å². The Hall–Kier alpha value is -4.18. The summed E-state index contributed by atoms with van der Waals surface area (Å²) in [6.45, 7) is 3.85. The van der Waals surface area contributed by atoms with Gasteiger partial charge in [-0.1, -0.05) is 51.5 Å². The Kier molecular flexibility index (Phi) is 9.92. The Morgan fingerprint density at radius 3 is 2.49 bits per heavy atom. The fourth-order valence-corrected chi connectivity index (χ4v) is 7.05. The van der Waals surface area contributed by atoms with Crippen molar-refractivity contribution in [1.29, 1.82) is 5.26 Å². The van der Waals surface area contributed by atoms with E-state index in [-0.39, 0.29) is 24.3 Å². The van der Waals surface area contributed by atoms with Crippen molar-refractivity contribution in [3.05, 3.63) is 117 Å². The van der Waals surface area contributed by atoms with Gasteiger partial charge >= 0.3 is 5.97 Å². The highest BCUT2D eigenvalue weighted by Gasteiger charge is 2.35. The highest BCUT2D eigenvalue weighted by molar-refractivity contribution is 9.10. The molecular weight excluding hydrogens is 726 g/mol. The molecule has 0 fully saturated rings. The van der Waals surface area contributed by atoms with E-state index in [1.165, 1.54) is 30.1 Å². The molecule has 1 aromatic heterocycles. The maximum absolute atomic E-state index is 14.1. The number of halogens is 2. The lowest BCUT2D eigenvalue weighted by Crippen LogP contribution is -2.40. The monoisotopic (exact) mass is 751 g/mol. The molecule has 4 aromatic rings. The Balaban J connectivity index is 1.57. The Bertz CT molecular complexity index is 2060. The van der Waals surface area contributed by atoms with Crippen molar-refractivity contribution in [2.24, 2.45) is 4.99 Å². The summed E-state index contributed by atoms with van der Waals surface area (Å²) in [5.41, 5.74) is 3.10. The van der Waals surface area contributed by atoms with Gasteiger partial charge in [0.25, 0.3) is 5.56 Å². The quantitative estimate of drug-likeness (QED) is 0.199.